The van der Waals surface area contributed by atoms with Gasteiger partial charge in [0.1, 0.15) is 11.6 Å². The van der Waals surface area contributed by atoms with Crippen molar-refractivity contribution in [3.05, 3.63) is 35.6 Å². The summed E-state index contributed by atoms with van der Waals surface area (Å²) in [6, 6.07) is 6.26. The van der Waals surface area contributed by atoms with Gasteiger partial charge in [-0.3, -0.25) is 4.79 Å². The lowest BCUT2D eigenvalue weighted by Crippen LogP contribution is -2.23. The van der Waals surface area contributed by atoms with E-state index in [1.165, 1.54) is 13.0 Å². The molecule has 0 heterocycles. The molecule has 86 valence electrons. The van der Waals surface area contributed by atoms with E-state index in [9.17, 15) is 14.0 Å². The normalized spacial score (nSPS) is 9.88. The van der Waals surface area contributed by atoms with Crippen molar-refractivity contribution in [2.24, 2.45) is 0 Å². The third kappa shape index (κ3) is 4.21. The molecule has 1 amide bonds. The van der Waals surface area contributed by atoms with Crippen LogP contribution in [-0.4, -0.2) is 11.7 Å². The summed E-state index contributed by atoms with van der Waals surface area (Å²) >= 11 is 0. The number of benzene rings is 1. The van der Waals surface area contributed by atoms with Crippen molar-refractivity contribution < 1.29 is 14.0 Å². The predicted molar refractivity (Wildman–Crippen MR) is 58.2 cm³/mol. The van der Waals surface area contributed by atoms with E-state index < -0.39 is 0 Å². The zero-order valence-electron chi connectivity index (χ0n) is 9.13. The molecule has 0 aliphatic carbocycles. The van der Waals surface area contributed by atoms with Gasteiger partial charge in [0.2, 0.25) is 5.91 Å². The van der Waals surface area contributed by atoms with Crippen LogP contribution in [-0.2, 0) is 16.1 Å². The van der Waals surface area contributed by atoms with Gasteiger partial charge >= 0.3 is 0 Å². The van der Waals surface area contributed by atoms with Gasteiger partial charge in [-0.25, -0.2) is 4.39 Å². The molecule has 1 aromatic rings. The molecule has 0 radical (unpaired) electrons. The van der Waals surface area contributed by atoms with Crippen LogP contribution in [0, 0.1) is 5.82 Å². The Morgan fingerprint density at radius 2 is 1.94 bits per heavy atom. The fourth-order valence-corrected chi connectivity index (χ4v) is 1.21. The zero-order valence-corrected chi connectivity index (χ0v) is 9.13. The lowest BCUT2D eigenvalue weighted by Gasteiger charge is -2.05. The van der Waals surface area contributed by atoms with E-state index in [4.69, 9.17) is 0 Å². The van der Waals surface area contributed by atoms with Crippen LogP contribution in [0.4, 0.5) is 4.39 Å². The maximum Gasteiger partial charge on any atom is 0.220 e. The zero-order chi connectivity index (χ0) is 12.0. The fraction of sp³-hybridized carbons (Fsp3) is 0.333. The molecular weight excluding hydrogens is 209 g/mol. The highest BCUT2D eigenvalue weighted by atomic mass is 19.1. The summed E-state index contributed by atoms with van der Waals surface area (Å²) in [6.45, 7) is 1.59. The number of ketones is 1. The number of carbonyl (C=O) groups is 2. The number of Topliss-reactive ketones (excluding diaryl/α,β-unsaturated/α-hetero) is 1. The van der Waals surface area contributed by atoms with Crippen molar-refractivity contribution in [3.63, 3.8) is 0 Å². The number of carbonyl (C=O) groups excluding carboxylic acids is 2. The van der Waals surface area contributed by atoms with Crippen LogP contribution in [0.3, 0.4) is 0 Å². The first kappa shape index (κ1) is 12.4. The number of amides is 1. The third-order valence-corrected chi connectivity index (χ3v) is 2.14. The first-order valence-corrected chi connectivity index (χ1v) is 5.09. The van der Waals surface area contributed by atoms with Gasteiger partial charge < -0.3 is 10.1 Å². The summed E-state index contributed by atoms with van der Waals surface area (Å²) in [7, 11) is 0. The molecule has 0 unspecified atom stereocenters. The molecule has 0 fully saturated rings. The van der Waals surface area contributed by atoms with Gasteiger partial charge in [0, 0.05) is 24.9 Å². The van der Waals surface area contributed by atoms with Crippen LogP contribution in [0.25, 0.3) is 0 Å². The number of halogens is 1. The molecule has 0 saturated carbocycles. The van der Waals surface area contributed by atoms with Gasteiger partial charge in [-0.05, 0) is 13.0 Å². The van der Waals surface area contributed by atoms with Crippen molar-refractivity contribution in [2.75, 3.05) is 0 Å². The van der Waals surface area contributed by atoms with Crippen molar-refractivity contribution in [3.8, 4) is 0 Å². The van der Waals surface area contributed by atoms with E-state index in [2.05, 4.69) is 5.32 Å². The average molecular weight is 223 g/mol. The molecule has 0 saturated heterocycles. The maximum absolute atomic E-state index is 13.1. The topological polar surface area (TPSA) is 46.2 Å². The molecule has 4 heteroatoms. The molecule has 1 rings (SSSR count). The monoisotopic (exact) mass is 223 g/mol. The van der Waals surface area contributed by atoms with E-state index >= 15 is 0 Å². The van der Waals surface area contributed by atoms with Crippen LogP contribution in [0.1, 0.15) is 25.3 Å². The second-order valence-corrected chi connectivity index (χ2v) is 3.57. The molecule has 1 N–H and O–H groups in total. The van der Waals surface area contributed by atoms with Gasteiger partial charge in [0.05, 0.1) is 0 Å². The van der Waals surface area contributed by atoms with Gasteiger partial charge in [-0.2, -0.15) is 0 Å². The van der Waals surface area contributed by atoms with E-state index in [0.717, 1.165) is 0 Å². The van der Waals surface area contributed by atoms with Gasteiger partial charge in [0.25, 0.3) is 0 Å². The quantitative estimate of drug-likeness (QED) is 0.827. The summed E-state index contributed by atoms with van der Waals surface area (Å²) in [5.41, 5.74) is 0.443. The van der Waals surface area contributed by atoms with Gasteiger partial charge in [-0.1, -0.05) is 18.2 Å². The van der Waals surface area contributed by atoms with Crippen LogP contribution >= 0.6 is 0 Å². The Morgan fingerprint density at radius 1 is 1.25 bits per heavy atom. The Kier molecular flexibility index (Phi) is 4.64. The van der Waals surface area contributed by atoms with Crippen molar-refractivity contribution in [1.29, 1.82) is 0 Å². The molecule has 0 atom stereocenters. The van der Waals surface area contributed by atoms with E-state index in [1.807, 2.05) is 0 Å². The molecule has 0 aliphatic rings. The minimum absolute atomic E-state index is 0.0268. The predicted octanol–water partition coefficient (Wildman–Crippen LogP) is 1.81. The molecule has 3 nitrogen and oxygen atoms in total. The van der Waals surface area contributed by atoms with Gasteiger partial charge in [-0.15, -0.1) is 0 Å². The molecule has 0 spiro atoms. The van der Waals surface area contributed by atoms with Crippen molar-refractivity contribution >= 4 is 11.7 Å². The van der Waals surface area contributed by atoms with Crippen molar-refractivity contribution in [1.82, 2.24) is 5.32 Å². The maximum atomic E-state index is 13.1. The second-order valence-electron chi connectivity index (χ2n) is 3.57. The largest absolute Gasteiger partial charge is 0.352 e. The number of rotatable bonds is 5. The molecule has 16 heavy (non-hydrogen) atoms. The van der Waals surface area contributed by atoms with E-state index in [-0.39, 0.29) is 36.9 Å². The Labute approximate surface area is 93.7 Å². The highest BCUT2D eigenvalue weighted by Gasteiger charge is 2.05. The SMILES string of the molecule is CC(=O)CCC(=O)NCc1ccccc1F. The summed E-state index contributed by atoms with van der Waals surface area (Å²) < 4.78 is 13.1. The van der Waals surface area contributed by atoms with Crippen molar-refractivity contribution in [2.45, 2.75) is 26.3 Å². The highest BCUT2D eigenvalue weighted by Crippen LogP contribution is 2.05. The number of hydrogen-bond donors (Lipinski definition) is 1. The van der Waals surface area contributed by atoms with Crippen LogP contribution in [0.2, 0.25) is 0 Å². The van der Waals surface area contributed by atoms with Crippen LogP contribution in [0.5, 0.6) is 0 Å². The molecule has 0 bridgehead atoms. The third-order valence-electron chi connectivity index (χ3n) is 2.14. The summed E-state index contributed by atoms with van der Waals surface area (Å²) in [5, 5.41) is 2.56. The summed E-state index contributed by atoms with van der Waals surface area (Å²) in [5.74, 6) is -0.603. The lowest BCUT2D eigenvalue weighted by atomic mass is 10.2. The minimum Gasteiger partial charge on any atom is -0.352 e. The Hall–Kier alpha value is -1.71. The first-order valence-electron chi connectivity index (χ1n) is 5.09. The van der Waals surface area contributed by atoms with E-state index in [1.54, 1.807) is 18.2 Å². The first-order chi connectivity index (χ1) is 7.59. The summed E-state index contributed by atoms with van der Waals surface area (Å²) in [4.78, 5) is 21.9. The molecule has 0 aromatic heterocycles. The fourth-order valence-electron chi connectivity index (χ4n) is 1.21. The number of hydrogen-bond acceptors (Lipinski definition) is 2. The molecule has 0 aliphatic heterocycles. The lowest BCUT2D eigenvalue weighted by molar-refractivity contribution is -0.124. The second kappa shape index (κ2) is 6.00. The minimum atomic E-state index is -0.339. The Bertz CT molecular complexity index is 390. The standard InChI is InChI=1S/C12H14FNO2/c1-9(15)6-7-12(16)14-8-10-4-2-3-5-11(10)13/h2-5H,6-8H2,1H3,(H,14,16). The van der Waals surface area contributed by atoms with Gasteiger partial charge in [0.15, 0.2) is 0 Å². The molecule has 1 aromatic carbocycles. The Balaban J connectivity index is 2.37. The van der Waals surface area contributed by atoms with E-state index in [0.29, 0.717) is 5.56 Å². The molecular formula is C12H14FNO2. The summed E-state index contributed by atoms with van der Waals surface area (Å²) in [6.07, 6.45) is 0.382. The average Bonchev–Trinajstić information content (AvgIpc) is 2.25. The smallest absolute Gasteiger partial charge is 0.220 e. The van der Waals surface area contributed by atoms with Crippen LogP contribution in [0.15, 0.2) is 24.3 Å². The Morgan fingerprint density at radius 3 is 2.56 bits per heavy atom. The van der Waals surface area contributed by atoms with Crippen LogP contribution < -0.4 is 5.32 Å². The highest BCUT2D eigenvalue weighted by molar-refractivity contribution is 5.83. The number of nitrogens with one attached hydrogen (secondary N) is 1.